The van der Waals surface area contributed by atoms with E-state index in [1.54, 1.807) is 0 Å². The standard InChI is InChI=1S/C25H20ClN5O/c26-20-8-15-6-7-21(14-4-2-1-3-5-14)30-22(15)11-18(20)19-12-31(16-9-17(32)10-16)25-23(19)24(27)28-13-29-25/h1-8,11-13,16-17,32H,9-10H2,(H2,27,28,29). The minimum Gasteiger partial charge on any atom is -0.393 e. The van der Waals surface area contributed by atoms with Gasteiger partial charge >= 0.3 is 0 Å². The first-order chi connectivity index (χ1) is 15.6. The highest BCUT2D eigenvalue weighted by molar-refractivity contribution is 6.34. The van der Waals surface area contributed by atoms with E-state index in [-0.39, 0.29) is 12.1 Å². The number of anilines is 1. The average molecular weight is 442 g/mol. The topological polar surface area (TPSA) is 89.9 Å². The Morgan fingerprint density at radius 1 is 1.00 bits per heavy atom. The molecule has 0 unspecified atom stereocenters. The molecule has 1 aliphatic carbocycles. The summed E-state index contributed by atoms with van der Waals surface area (Å²) in [6, 6.07) is 18.3. The molecule has 3 N–H and O–H groups in total. The molecule has 0 spiro atoms. The molecule has 5 aromatic rings. The molecule has 6 nitrogen and oxygen atoms in total. The lowest BCUT2D eigenvalue weighted by atomic mass is 9.89. The van der Waals surface area contributed by atoms with E-state index in [2.05, 4.69) is 14.5 Å². The second-order valence-electron chi connectivity index (χ2n) is 8.27. The summed E-state index contributed by atoms with van der Waals surface area (Å²) in [7, 11) is 0. The van der Waals surface area contributed by atoms with Crippen LogP contribution in [0.15, 0.2) is 67.1 Å². The lowest BCUT2D eigenvalue weighted by molar-refractivity contribution is 0.0502. The van der Waals surface area contributed by atoms with Gasteiger partial charge in [-0.25, -0.2) is 15.0 Å². The van der Waals surface area contributed by atoms with Crippen LogP contribution >= 0.6 is 11.6 Å². The number of rotatable bonds is 3. The van der Waals surface area contributed by atoms with E-state index in [4.69, 9.17) is 22.3 Å². The highest BCUT2D eigenvalue weighted by atomic mass is 35.5. The van der Waals surface area contributed by atoms with Crippen molar-refractivity contribution >= 4 is 39.4 Å². The number of nitrogen functional groups attached to an aromatic ring is 1. The Balaban J connectivity index is 1.55. The van der Waals surface area contributed by atoms with Crippen LogP contribution in [-0.2, 0) is 0 Å². The van der Waals surface area contributed by atoms with Gasteiger partial charge in [0, 0.05) is 39.3 Å². The van der Waals surface area contributed by atoms with Crippen molar-refractivity contribution in [2.45, 2.75) is 25.0 Å². The average Bonchev–Trinajstić information content (AvgIpc) is 3.17. The number of hydrogen-bond acceptors (Lipinski definition) is 5. The van der Waals surface area contributed by atoms with Gasteiger partial charge in [-0.05, 0) is 31.0 Å². The van der Waals surface area contributed by atoms with E-state index < -0.39 is 0 Å². The maximum absolute atomic E-state index is 9.81. The lowest BCUT2D eigenvalue weighted by Crippen LogP contribution is -2.30. The molecule has 1 saturated carbocycles. The molecule has 3 aromatic heterocycles. The number of halogens is 1. The second kappa shape index (κ2) is 7.29. The normalized spacial score (nSPS) is 18.2. The van der Waals surface area contributed by atoms with E-state index in [0.717, 1.165) is 44.3 Å². The van der Waals surface area contributed by atoms with Crippen LogP contribution in [0.5, 0.6) is 0 Å². The maximum atomic E-state index is 9.81. The first kappa shape index (κ1) is 19.2. The molecule has 32 heavy (non-hydrogen) atoms. The number of nitrogens with two attached hydrogens (primary N) is 1. The molecular weight excluding hydrogens is 422 g/mol. The largest absolute Gasteiger partial charge is 0.393 e. The molecule has 158 valence electrons. The zero-order chi connectivity index (χ0) is 21.8. The van der Waals surface area contributed by atoms with Crippen molar-refractivity contribution in [1.82, 2.24) is 19.5 Å². The van der Waals surface area contributed by atoms with Crippen molar-refractivity contribution in [1.29, 1.82) is 0 Å². The Hall–Kier alpha value is -3.48. The summed E-state index contributed by atoms with van der Waals surface area (Å²) in [6.45, 7) is 0. The molecule has 1 aliphatic rings. The monoisotopic (exact) mass is 441 g/mol. The summed E-state index contributed by atoms with van der Waals surface area (Å²) in [5.41, 5.74) is 11.6. The van der Waals surface area contributed by atoms with Crippen LogP contribution in [0.4, 0.5) is 5.82 Å². The highest BCUT2D eigenvalue weighted by Crippen LogP contribution is 2.42. The maximum Gasteiger partial charge on any atom is 0.146 e. The second-order valence-corrected chi connectivity index (χ2v) is 8.68. The fourth-order valence-corrected chi connectivity index (χ4v) is 4.77. The van der Waals surface area contributed by atoms with Crippen LogP contribution in [0.2, 0.25) is 5.02 Å². The van der Waals surface area contributed by atoms with Crippen molar-refractivity contribution in [2.24, 2.45) is 0 Å². The van der Waals surface area contributed by atoms with E-state index in [9.17, 15) is 5.11 Å². The third kappa shape index (κ3) is 3.03. The number of aromatic nitrogens is 4. The van der Waals surface area contributed by atoms with Gasteiger partial charge in [0.05, 0.1) is 22.7 Å². The van der Waals surface area contributed by atoms with Crippen LogP contribution in [0, 0.1) is 0 Å². The molecule has 2 aromatic carbocycles. The Morgan fingerprint density at radius 2 is 1.81 bits per heavy atom. The van der Waals surface area contributed by atoms with Crippen LogP contribution in [0.25, 0.3) is 44.3 Å². The molecule has 0 atom stereocenters. The third-order valence-corrected chi connectivity index (χ3v) is 6.57. The van der Waals surface area contributed by atoms with Gasteiger partial charge in [0.15, 0.2) is 0 Å². The Kier molecular flexibility index (Phi) is 4.38. The van der Waals surface area contributed by atoms with Crippen molar-refractivity contribution < 1.29 is 5.11 Å². The fraction of sp³-hybridized carbons (Fsp3) is 0.160. The van der Waals surface area contributed by atoms with Gasteiger partial charge in [0.25, 0.3) is 0 Å². The molecule has 3 heterocycles. The van der Waals surface area contributed by atoms with Crippen LogP contribution in [-0.4, -0.2) is 30.7 Å². The predicted molar refractivity (Wildman–Crippen MR) is 127 cm³/mol. The number of pyridine rings is 1. The summed E-state index contributed by atoms with van der Waals surface area (Å²) in [6.07, 6.45) is 4.62. The number of hydrogen-bond donors (Lipinski definition) is 2. The molecule has 1 fully saturated rings. The number of aliphatic hydroxyl groups is 1. The van der Waals surface area contributed by atoms with Crippen LogP contribution in [0.1, 0.15) is 18.9 Å². The Morgan fingerprint density at radius 3 is 2.59 bits per heavy atom. The third-order valence-electron chi connectivity index (χ3n) is 6.26. The van der Waals surface area contributed by atoms with Gasteiger partial charge < -0.3 is 15.4 Å². The molecule has 0 aliphatic heterocycles. The van der Waals surface area contributed by atoms with Crippen LogP contribution < -0.4 is 5.73 Å². The lowest BCUT2D eigenvalue weighted by Gasteiger charge is -2.32. The molecule has 0 bridgehead atoms. The van der Waals surface area contributed by atoms with Gasteiger partial charge in [-0.2, -0.15) is 0 Å². The Bertz CT molecular complexity index is 1470. The molecule has 7 heteroatoms. The summed E-state index contributed by atoms with van der Waals surface area (Å²) < 4.78 is 2.09. The van der Waals surface area contributed by atoms with Crippen molar-refractivity contribution in [3.63, 3.8) is 0 Å². The first-order valence-corrected chi connectivity index (χ1v) is 10.9. The van der Waals surface area contributed by atoms with E-state index >= 15 is 0 Å². The zero-order valence-corrected chi connectivity index (χ0v) is 17.9. The predicted octanol–water partition coefficient (Wildman–Crippen LogP) is 5.24. The van der Waals surface area contributed by atoms with Gasteiger partial charge in [0.1, 0.15) is 17.8 Å². The van der Waals surface area contributed by atoms with Crippen molar-refractivity contribution in [3.8, 4) is 22.4 Å². The van der Waals surface area contributed by atoms with Gasteiger partial charge in [-0.1, -0.05) is 48.0 Å². The number of aliphatic hydroxyl groups excluding tert-OH is 1. The SMILES string of the molecule is Nc1ncnc2c1c(-c1cc3nc(-c4ccccc4)ccc3cc1Cl)cn2C1CC(O)C1. The molecule has 0 amide bonds. The van der Waals surface area contributed by atoms with Gasteiger partial charge in [0.2, 0.25) is 0 Å². The smallest absolute Gasteiger partial charge is 0.146 e. The van der Waals surface area contributed by atoms with Crippen molar-refractivity contribution in [3.05, 3.63) is 72.1 Å². The minimum atomic E-state index is -0.273. The first-order valence-electron chi connectivity index (χ1n) is 10.5. The van der Waals surface area contributed by atoms with Crippen molar-refractivity contribution in [2.75, 3.05) is 5.73 Å². The zero-order valence-electron chi connectivity index (χ0n) is 17.1. The number of benzene rings is 2. The van der Waals surface area contributed by atoms with E-state index in [1.165, 1.54) is 6.33 Å². The molecule has 6 rings (SSSR count). The quantitative estimate of drug-likeness (QED) is 0.399. The summed E-state index contributed by atoms with van der Waals surface area (Å²) >= 11 is 6.75. The van der Waals surface area contributed by atoms with Gasteiger partial charge in [-0.3, -0.25) is 0 Å². The number of fused-ring (bicyclic) bond motifs is 2. The van der Waals surface area contributed by atoms with E-state index in [1.807, 2.05) is 60.8 Å². The molecule has 0 saturated heterocycles. The summed E-state index contributed by atoms with van der Waals surface area (Å²) in [5.74, 6) is 0.408. The minimum absolute atomic E-state index is 0.178. The van der Waals surface area contributed by atoms with Crippen LogP contribution in [0.3, 0.4) is 0 Å². The molecule has 0 radical (unpaired) electrons. The summed E-state index contributed by atoms with van der Waals surface area (Å²) in [5, 5.41) is 12.2. The summed E-state index contributed by atoms with van der Waals surface area (Å²) in [4.78, 5) is 13.6. The Labute approximate surface area is 189 Å². The van der Waals surface area contributed by atoms with E-state index in [0.29, 0.717) is 23.7 Å². The number of nitrogens with zero attached hydrogens (tertiary/aromatic N) is 4. The highest BCUT2D eigenvalue weighted by Gasteiger charge is 2.31. The van der Waals surface area contributed by atoms with Gasteiger partial charge in [-0.15, -0.1) is 0 Å². The fourth-order valence-electron chi connectivity index (χ4n) is 4.50. The molecular formula is C25H20ClN5O.